The Hall–Kier alpha value is -2.12. The maximum absolute atomic E-state index is 13.2. The molecule has 7 heteroatoms. The summed E-state index contributed by atoms with van der Waals surface area (Å²) in [6, 6.07) is 10.6. The molecule has 2 aromatic carbocycles. The molecular formula is C18H21FN2O3S. The van der Waals surface area contributed by atoms with Crippen LogP contribution in [0.4, 0.5) is 15.8 Å². The Morgan fingerprint density at radius 3 is 2.52 bits per heavy atom. The van der Waals surface area contributed by atoms with Gasteiger partial charge in [0.15, 0.2) is 0 Å². The van der Waals surface area contributed by atoms with Gasteiger partial charge in [0, 0.05) is 24.5 Å². The summed E-state index contributed by atoms with van der Waals surface area (Å²) in [5, 5.41) is 3.28. The predicted octanol–water partition coefficient (Wildman–Crippen LogP) is 3.53. The summed E-state index contributed by atoms with van der Waals surface area (Å²) in [7, 11) is -3.76. The van der Waals surface area contributed by atoms with Crippen molar-refractivity contribution in [3.05, 3.63) is 53.8 Å². The van der Waals surface area contributed by atoms with Gasteiger partial charge >= 0.3 is 0 Å². The normalized spacial score (nSPS) is 17.4. The minimum Gasteiger partial charge on any atom is -0.382 e. The highest BCUT2D eigenvalue weighted by molar-refractivity contribution is 7.92. The molecule has 1 aliphatic rings. The molecule has 1 atom stereocenters. The van der Waals surface area contributed by atoms with Crippen molar-refractivity contribution in [2.45, 2.75) is 30.8 Å². The van der Waals surface area contributed by atoms with Crippen LogP contribution in [0.25, 0.3) is 0 Å². The Kier molecular flexibility index (Phi) is 5.24. The molecule has 1 heterocycles. The van der Waals surface area contributed by atoms with E-state index < -0.39 is 15.8 Å². The Morgan fingerprint density at radius 2 is 1.88 bits per heavy atom. The lowest BCUT2D eigenvalue weighted by Gasteiger charge is -2.13. The van der Waals surface area contributed by atoms with Crippen LogP contribution in [0.2, 0.25) is 0 Å². The summed E-state index contributed by atoms with van der Waals surface area (Å²) in [5.41, 5.74) is 1.71. The summed E-state index contributed by atoms with van der Waals surface area (Å²) >= 11 is 0. The number of rotatable bonds is 6. The number of halogens is 1. The minimum atomic E-state index is -3.76. The number of hydrogen-bond donors (Lipinski definition) is 2. The molecule has 3 rings (SSSR count). The Labute approximate surface area is 147 Å². The van der Waals surface area contributed by atoms with Gasteiger partial charge in [0.05, 0.1) is 11.0 Å². The lowest BCUT2D eigenvalue weighted by Crippen LogP contribution is -2.18. The van der Waals surface area contributed by atoms with Gasteiger partial charge in [-0.15, -0.1) is 0 Å². The summed E-state index contributed by atoms with van der Waals surface area (Å²) in [4.78, 5) is 0.0643. The first-order chi connectivity index (χ1) is 11.9. The van der Waals surface area contributed by atoms with Gasteiger partial charge in [-0.2, -0.15) is 0 Å². The van der Waals surface area contributed by atoms with Crippen molar-refractivity contribution in [3.8, 4) is 0 Å². The highest BCUT2D eigenvalue weighted by Gasteiger charge is 2.18. The number of aryl methyl sites for hydroxylation is 1. The molecule has 2 aromatic rings. The fourth-order valence-corrected chi connectivity index (χ4v) is 4.10. The van der Waals surface area contributed by atoms with Crippen molar-refractivity contribution in [3.63, 3.8) is 0 Å². The molecule has 1 fully saturated rings. The molecule has 134 valence electrons. The van der Waals surface area contributed by atoms with Crippen LogP contribution >= 0.6 is 0 Å². The highest BCUT2D eigenvalue weighted by atomic mass is 32.2. The SMILES string of the molecule is Cc1cc(F)ccc1S(=O)(=O)Nc1ccc(NCC2CCCO2)cc1. The lowest BCUT2D eigenvalue weighted by molar-refractivity contribution is 0.120. The second-order valence-electron chi connectivity index (χ2n) is 6.11. The van der Waals surface area contributed by atoms with E-state index in [0.717, 1.165) is 37.7 Å². The molecule has 5 nitrogen and oxygen atoms in total. The summed E-state index contributed by atoms with van der Waals surface area (Å²) < 4.78 is 46.1. The van der Waals surface area contributed by atoms with Crippen LogP contribution in [0.15, 0.2) is 47.4 Å². The van der Waals surface area contributed by atoms with Crippen molar-refractivity contribution >= 4 is 21.4 Å². The Morgan fingerprint density at radius 1 is 1.16 bits per heavy atom. The van der Waals surface area contributed by atoms with E-state index in [1.54, 1.807) is 19.1 Å². The van der Waals surface area contributed by atoms with Gasteiger partial charge in [0.2, 0.25) is 0 Å². The zero-order valence-corrected chi connectivity index (χ0v) is 14.8. The van der Waals surface area contributed by atoms with Gasteiger partial charge in [-0.1, -0.05) is 0 Å². The van der Waals surface area contributed by atoms with Crippen molar-refractivity contribution in [2.75, 3.05) is 23.2 Å². The first-order valence-electron chi connectivity index (χ1n) is 8.18. The molecular weight excluding hydrogens is 343 g/mol. The molecule has 0 saturated carbocycles. The largest absolute Gasteiger partial charge is 0.382 e. The average Bonchev–Trinajstić information content (AvgIpc) is 3.07. The summed E-state index contributed by atoms with van der Waals surface area (Å²) in [5.74, 6) is -0.460. The maximum Gasteiger partial charge on any atom is 0.262 e. The molecule has 0 aromatic heterocycles. The standard InChI is InChI=1S/C18H21FN2O3S/c1-13-11-14(19)4-9-18(13)25(22,23)21-16-7-5-15(6-8-16)20-12-17-3-2-10-24-17/h4-9,11,17,20-21H,2-3,10,12H2,1H3. The molecule has 0 bridgehead atoms. The van der Waals surface area contributed by atoms with E-state index in [1.807, 2.05) is 12.1 Å². The van der Waals surface area contributed by atoms with Gasteiger partial charge < -0.3 is 10.1 Å². The molecule has 0 spiro atoms. The van der Waals surface area contributed by atoms with Gasteiger partial charge in [-0.25, -0.2) is 12.8 Å². The van der Waals surface area contributed by atoms with Crippen LogP contribution in [0.5, 0.6) is 0 Å². The zero-order valence-electron chi connectivity index (χ0n) is 14.0. The van der Waals surface area contributed by atoms with E-state index in [4.69, 9.17) is 4.74 Å². The number of hydrogen-bond acceptors (Lipinski definition) is 4. The van der Waals surface area contributed by atoms with E-state index in [2.05, 4.69) is 10.0 Å². The van der Waals surface area contributed by atoms with Gasteiger partial charge in [-0.3, -0.25) is 4.72 Å². The van der Waals surface area contributed by atoms with Crippen LogP contribution in [0.3, 0.4) is 0 Å². The van der Waals surface area contributed by atoms with Crippen LogP contribution in [-0.2, 0) is 14.8 Å². The van der Waals surface area contributed by atoms with E-state index >= 15 is 0 Å². The van der Waals surface area contributed by atoms with Crippen LogP contribution < -0.4 is 10.0 Å². The maximum atomic E-state index is 13.2. The monoisotopic (exact) mass is 364 g/mol. The lowest BCUT2D eigenvalue weighted by atomic mass is 10.2. The molecule has 2 N–H and O–H groups in total. The summed E-state index contributed by atoms with van der Waals surface area (Å²) in [6.07, 6.45) is 2.39. The van der Waals surface area contributed by atoms with Gasteiger partial charge in [0.25, 0.3) is 10.0 Å². The number of ether oxygens (including phenoxy) is 1. The molecule has 25 heavy (non-hydrogen) atoms. The van der Waals surface area contributed by atoms with E-state index in [-0.39, 0.29) is 11.0 Å². The molecule has 1 aliphatic heterocycles. The summed E-state index contributed by atoms with van der Waals surface area (Å²) in [6.45, 7) is 3.12. The van der Waals surface area contributed by atoms with Gasteiger partial charge in [0.1, 0.15) is 5.82 Å². The van der Waals surface area contributed by atoms with E-state index in [9.17, 15) is 12.8 Å². The molecule has 0 aliphatic carbocycles. The Balaban J connectivity index is 1.65. The second-order valence-corrected chi connectivity index (χ2v) is 7.76. The smallest absolute Gasteiger partial charge is 0.262 e. The quantitative estimate of drug-likeness (QED) is 0.823. The van der Waals surface area contributed by atoms with Crippen LogP contribution in [0.1, 0.15) is 18.4 Å². The van der Waals surface area contributed by atoms with E-state index in [0.29, 0.717) is 11.3 Å². The van der Waals surface area contributed by atoms with E-state index in [1.165, 1.54) is 12.1 Å². The number of anilines is 2. The number of benzene rings is 2. The fourth-order valence-electron chi connectivity index (χ4n) is 2.82. The average molecular weight is 364 g/mol. The molecule has 1 saturated heterocycles. The van der Waals surface area contributed by atoms with Crippen LogP contribution in [0, 0.1) is 12.7 Å². The molecule has 0 amide bonds. The number of nitrogens with one attached hydrogen (secondary N) is 2. The first kappa shape index (κ1) is 17.7. The fraction of sp³-hybridized carbons (Fsp3) is 0.333. The zero-order chi connectivity index (χ0) is 17.9. The van der Waals surface area contributed by atoms with Crippen LogP contribution in [-0.4, -0.2) is 27.7 Å². The van der Waals surface area contributed by atoms with Crippen molar-refractivity contribution in [2.24, 2.45) is 0 Å². The highest BCUT2D eigenvalue weighted by Crippen LogP contribution is 2.22. The van der Waals surface area contributed by atoms with Gasteiger partial charge in [-0.05, 0) is 67.8 Å². The first-order valence-corrected chi connectivity index (χ1v) is 9.67. The van der Waals surface area contributed by atoms with Crippen molar-refractivity contribution in [1.82, 2.24) is 0 Å². The van der Waals surface area contributed by atoms with Crippen molar-refractivity contribution < 1.29 is 17.5 Å². The van der Waals surface area contributed by atoms with Crippen molar-refractivity contribution in [1.29, 1.82) is 0 Å². The number of sulfonamides is 1. The minimum absolute atomic E-state index is 0.0643. The third kappa shape index (κ3) is 4.49. The second kappa shape index (κ2) is 7.41. The predicted molar refractivity (Wildman–Crippen MR) is 95.9 cm³/mol. The third-order valence-electron chi connectivity index (χ3n) is 4.12. The Bertz CT molecular complexity index is 832. The topological polar surface area (TPSA) is 67.4 Å². The third-order valence-corrected chi connectivity index (χ3v) is 5.66. The molecule has 1 unspecified atom stereocenters. The molecule has 0 radical (unpaired) electrons.